The summed E-state index contributed by atoms with van der Waals surface area (Å²) in [5, 5.41) is 12.1. The predicted molar refractivity (Wildman–Crippen MR) is 194 cm³/mol. The summed E-state index contributed by atoms with van der Waals surface area (Å²) in [6.07, 6.45) is 6.26. The third kappa shape index (κ3) is 4.34. The summed E-state index contributed by atoms with van der Waals surface area (Å²) >= 11 is 0. The molecule has 0 N–H and O–H groups in total. The predicted octanol–water partition coefficient (Wildman–Crippen LogP) is 10.2. The Bertz CT molecular complexity index is 2540. The molecule has 0 radical (unpaired) electrons. The van der Waals surface area contributed by atoms with Crippen molar-refractivity contribution in [2.24, 2.45) is 0 Å². The molecular weight excluding hydrogens is 587 g/mol. The van der Waals surface area contributed by atoms with Crippen molar-refractivity contribution in [2.45, 2.75) is 32.1 Å². The van der Waals surface area contributed by atoms with E-state index < -0.39 is 0 Å². The van der Waals surface area contributed by atoms with E-state index in [0.717, 1.165) is 35.2 Å². The minimum Gasteiger partial charge on any atom is -0.310 e. The van der Waals surface area contributed by atoms with Crippen LogP contribution in [0.4, 0.5) is 0 Å². The second kappa shape index (κ2) is 10.7. The fraction of sp³-hybridized carbons (Fsp3) is 0.116. The lowest BCUT2D eigenvalue weighted by Crippen LogP contribution is -2.15. The topological polar surface area (TPSA) is 67.4 Å². The molecule has 0 fully saturated rings. The molecule has 9 rings (SSSR count). The largest absolute Gasteiger partial charge is 0.310 e. The van der Waals surface area contributed by atoms with E-state index in [9.17, 15) is 5.26 Å². The average molecular weight is 618 g/mol. The van der Waals surface area contributed by atoms with Crippen LogP contribution in [0, 0.1) is 11.3 Å². The van der Waals surface area contributed by atoms with Crippen molar-refractivity contribution < 1.29 is 0 Å². The molecule has 7 aromatic rings. The molecule has 5 aromatic carbocycles. The van der Waals surface area contributed by atoms with Gasteiger partial charge in [0.25, 0.3) is 0 Å². The van der Waals surface area contributed by atoms with Crippen LogP contribution in [0.5, 0.6) is 0 Å². The summed E-state index contributed by atoms with van der Waals surface area (Å²) in [5.74, 6) is 1.83. The van der Waals surface area contributed by atoms with Crippen molar-refractivity contribution in [1.82, 2.24) is 19.5 Å². The lowest BCUT2D eigenvalue weighted by molar-refractivity contribution is 0.661. The van der Waals surface area contributed by atoms with Crippen molar-refractivity contribution in [3.63, 3.8) is 0 Å². The van der Waals surface area contributed by atoms with Crippen LogP contribution < -0.4 is 0 Å². The van der Waals surface area contributed by atoms with E-state index in [1.807, 2.05) is 48.5 Å². The average Bonchev–Trinajstić information content (AvgIpc) is 3.59. The zero-order chi connectivity index (χ0) is 32.4. The number of para-hydroxylation sites is 1. The van der Waals surface area contributed by atoms with Gasteiger partial charge in [-0.25, -0.2) is 15.0 Å². The fourth-order valence-corrected chi connectivity index (χ4v) is 7.55. The van der Waals surface area contributed by atoms with Crippen LogP contribution in [0.1, 0.15) is 49.2 Å². The van der Waals surface area contributed by atoms with E-state index in [2.05, 4.69) is 97.3 Å². The van der Waals surface area contributed by atoms with Crippen LogP contribution in [0.15, 0.2) is 127 Å². The standard InChI is InChI=1S/C43H31N5/c1-43(2)36-20-8-6-18-32(36)34-24-35-33-19-7-9-21-38(33)48(39(35)25-37(34)43)31-17-11-16-30(23-31)42-46-40(28-13-4-3-5-14-28)45-41(47-42)29-15-10-12-27(22-29)26-44/h3-10,12-15,17-25H,11,16H2,1-2H3. The number of rotatable bonds is 4. The molecule has 2 aromatic heterocycles. The first-order valence-electron chi connectivity index (χ1n) is 16.4. The minimum atomic E-state index is -0.0959. The number of nitriles is 1. The first kappa shape index (κ1) is 28.1. The summed E-state index contributed by atoms with van der Waals surface area (Å²) in [5.41, 5.74) is 12.1. The first-order valence-corrected chi connectivity index (χ1v) is 16.4. The van der Waals surface area contributed by atoms with Gasteiger partial charge in [-0.3, -0.25) is 0 Å². The van der Waals surface area contributed by atoms with Gasteiger partial charge in [-0.1, -0.05) is 105 Å². The van der Waals surface area contributed by atoms with E-state index in [4.69, 9.17) is 15.0 Å². The van der Waals surface area contributed by atoms with Gasteiger partial charge in [0.2, 0.25) is 0 Å². The lowest BCUT2D eigenvalue weighted by Gasteiger charge is -2.22. The maximum atomic E-state index is 9.58. The molecule has 2 aliphatic rings. The molecule has 0 aliphatic heterocycles. The molecule has 0 spiro atoms. The Hall–Kier alpha value is -6.12. The van der Waals surface area contributed by atoms with Gasteiger partial charge in [0.15, 0.2) is 17.5 Å². The van der Waals surface area contributed by atoms with Crippen LogP contribution >= 0.6 is 0 Å². The molecular formula is C43H31N5. The number of fused-ring (bicyclic) bond motifs is 6. The molecule has 5 nitrogen and oxygen atoms in total. The maximum Gasteiger partial charge on any atom is 0.164 e. The van der Waals surface area contributed by atoms with Gasteiger partial charge < -0.3 is 4.57 Å². The van der Waals surface area contributed by atoms with E-state index in [-0.39, 0.29) is 5.41 Å². The Balaban J connectivity index is 1.23. The van der Waals surface area contributed by atoms with Crippen LogP contribution in [0.3, 0.4) is 0 Å². The van der Waals surface area contributed by atoms with Gasteiger partial charge in [0.1, 0.15) is 0 Å². The fourth-order valence-electron chi connectivity index (χ4n) is 7.55. The van der Waals surface area contributed by atoms with Crippen molar-refractivity contribution >= 4 is 33.1 Å². The molecule has 0 bridgehead atoms. The molecule has 0 amide bonds. The minimum absolute atomic E-state index is 0.0959. The van der Waals surface area contributed by atoms with Crippen molar-refractivity contribution in [1.29, 1.82) is 5.26 Å². The molecule has 0 atom stereocenters. The highest BCUT2D eigenvalue weighted by atomic mass is 15.0. The Morgan fingerprint density at radius 3 is 2.23 bits per heavy atom. The summed E-state index contributed by atoms with van der Waals surface area (Å²) in [7, 11) is 0. The monoisotopic (exact) mass is 617 g/mol. The molecule has 0 saturated heterocycles. The van der Waals surface area contributed by atoms with Gasteiger partial charge in [-0.15, -0.1) is 0 Å². The highest BCUT2D eigenvalue weighted by molar-refractivity contribution is 6.13. The normalized spacial score (nSPS) is 14.7. The molecule has 5 heteroatoms. The highest BCUT2D eigenvalue weighted by Crippen LogP contribution is 2.51. The Morgan fingerprint density at radius 2 is 1.38 bits per heavy atom. The highest BCUT2D eigenvalue weighted by Gasteiger charge is 2.36. The molecule has 0 unspecified atom stereocenters. The lowest BCUT2D eigenvalue weighted by atomic mass is 9.82. The second-order valence-corrected chi connectivity index (χ2v) is 13.1. The Labute approximate surface area is 279 Å². The van der Waals surface area contributed by atoms with Gasteiger partial charge in [-0.2, -0.15) is 5.26 Å². The third-order valence-electron chi connectivity index (χ3n) is 9.93. The summed E-state index contributed by atoms with van der Waals surface area (Å²) in [4.78, 5) is 14.9. The van der Waals surface area contributed by atoms with Crippen molar-refractivity contribution in [3.8, 4) is 40.0 Å². The number of aromatic nitrogens is 4. The summed E-state index contributed by atoms with van der Waals surface area (Å²) in [6.45, 7) is 4.67. The van der Waals surface area contributed by atoms with E-state index in [1.54, 1.807) is 6.07 Å². The maximum absolute atomic E-state index is 9.58. The van der Waals surface area contributed by atoms with Gasteiger partial charge in [-0.05, 0) is 77.1 Å². The molecule has 48 heavy (non-hydrogen) atoms. The number of benzene rings is 5. The molecule has 228 valence electrons. The molecule has 2 heterocycles. The summed E-state index contributed by atoms with van der Waals surface area (Å²) < 4.78 is 2.42. The number of nitrogens with zero attached hydrogens (tertiary/aromatic N) is 5. The first-order chi connectivity index (χ1) is 23.5. The van der Waals surface area contributed by atoms with Crippen LogP contribution in [0.2, 0.25) is 0 Å². The van der Waals surface area contributed by atoms with Gasteiger partial charge >= 0.3 is 0 Å². The van der Waals surface area contributed by atoms with Crippen LogP contribution in [0.25, 0.3) is 67.0 Å². The number of hydrogen-bond acceptors (Lipinski definition) is 4. The van der Waals surface area contributed by atoms with E-state index in [0.29, 0.717) is 23.0 Å². The quantitative estimate of drug-likeness (QED) is 0.197. The van der Waals surface area contributed by atoms with E-state index in [1.165, 1.54) is 44.1 Å². The van der Waals surface area contributed by atoms with Crippen LogP contribution in [-0.2, 0) is 5.41 Å². The van der Waals surface area contributed by atoms with Gasteiger partial charge in [0, 0.05) is 33.0 Å². The zero-order valence-corrected chi connectivity index (χ0v) is 26.8. The third-order valence-corrected chi connectivity index (χ3v) is 9.93. The number of hydrogen-bond donors (Lipinski definition) is 0. The Morgan fingerprint density at radius 1 is 0.646 bits per heavy atom. The molecule has 2 aliphatic carbocycles. The summed E-state index contributed by atoms with van der Waals surface area (Å²) in [6, 6.07) is 42.1. The molecule has 0 saturated carbocycles. The zero-order valence-electron chi connectivity index (χ0n) is 26.8. The number of allylic oxidation sites excluding steroid dienone is 4. The van der Waals surface area contributed by atoms with E-state index >= 15 is 0 Å². The van der Waals surface area contributed by atoms with Crippen LogP contribution in [-0.4, -0.2) is 19.5 Å². The SMILES string of the molecule is CC1(C)c2ccccc2-c2cc3c4ccccc4n(C4=CCCC(c5nc(-c6ccccc6)nc(-c6cccc(C#N)c6)n5)=C4)c3cc21. The second-order valence-electron chi connectivity index (χ2n) is 13.1. The smallest absolute Gasteiger partial charge is 0.164 e. The van der Waals surface area contributed by atoms with Gasteiger partial charge in [0.05, 0.1) is 22.7 Å². The van der Waals surface area contributed by atoms with Crippen molar-refractivity contribution in [2.75, 3.05) is 0 Å². The Kier molecular flexibility index (Phi) is 6.28. The van der Waals surface area contributed by atoms with Crippen molar-refractivity contribution in [3.05, 3.63) is 150 Å².